The van der Waals surface area contributed by atoms with Gasteiger partial charge in [0.25, 0.3) is 5.91 Å². The van der Waals surface area contributed by atoms with Gasteiger partial charge in [-0.15, -0.1) is 0 Å². The molecule has 1 heterocycles. The van der Waals surface area contributed by atoms with Gasteiger partial charge >= 0.3 is 6.18 Å². The van der Waals surface area contributed by atoms with Gasteiger partial charge in [0.15, 0.2) is 5.78 Å². The topological polar surface area (TPSA) is 46.6 Å². The molecule has 1 saturated heterocycles. The van der Waals surface area contributed by atoms with Crippen molar-refractivity contribution in [2.75, 3.05) is 13.1 Å². The standard InChI is InChI=1S/C28H26F3NO3/c1-19-10-11-20(16-25(33)22-8-5-9-23(18-22)28(29,30)31)17-26(19)35-24-12-14-32(15-13-24)27(34)21-6-3-2-4-7-21/h2-11,17-18,24H,12-16H2,1H3. The summed E-state index contributed by atoms with van der Waals surface area (Å²) in [5.74, 6) is 0.265. The maximum Gasteiger partial charge on any atom is 0.416 e. The number of ether oxygens (including phenoxy) is 1. The van der Waals surface area contributed by atoms with E-state index in [1.807, 2.05) is 36.1 Å². The molecular formula is C28H26F3NO3. The zero-order valence-corrected chi connectivity index (χ0v) is 19.3. The van der Waals surface area contributed by atoms with Crippen LogP contribution in [0.15, 0.2) is 72.8 Å². The molecule has 1 aliphatic heterocycles. The van der Waals surface area contributed by atoms with Crippen molar-refractivity contribution < 1.29 is 27.5 Å². The molecule has 1 aliphatic rings. The predicted molar refractivity (Wildman–Crippen MR) is 127 cm³/mol. The molecule has 0 unspecified atom stereocenters. The van der Waals surface area contributed by atoms with Crippen molar-refractivity contribution >= 4 is 11.7 Å². The van der Waals surface area contributed by atoms with Crippen LogP contribution in [0.3, 0.4) is 0 Å². The Balaban J connectivity index is 1.38. The van der Waals surface area contributed by atoms with Crippen LogP contribution in [-0.4, -0.2) is 35.8 Å². The van der Waals surface area contributed by atoms with Gasteiger partial charge in [-0.3, -0.25) is 9.59 Å². The summed E-state index contributed by atoms with van der Waals surface area (Å²) in [6, 6.07) is 19.1. The van der Waals surface area contributed by atoms with Gasteiger partial charge in [0.2, 0.25) is 0 Å². The molecule has 0 radical (unpaired) electrons. The Hall–Kier alpha value is -3.61. The van der Waals surface area contributed by atoms with Gasteiger partial charge in [0.1, 0.15) is 11.9 Å². The molecule has 0 atom stereocenters. The molecule has 4 rings (SSSR count). The van der Waals surface area contributed by atoms with E-state index in [0.29, 0.717) is 42.8 Å². The number of likely N-dealkylation sites (tertiary alicyclic amines) is 1. The monoisotopic (exact) mass is 481 g/mol. The van der Waals surface area contributed by atoms with Crippen molar-refractivity contribution in [1.29, 1.82) is 0 Å². The zero-order chi connectivity index (χ0) is 25.0. The number of halogens is 3. The summed E-state index contributed by atoms with van der Waals surface area (Å²) in [5, 5.41) is 0. The highest BCUT2D eigenvalue weighted by Gasteiger charge is 2.31. The van der Waals surface area contributed by atoms with Crippen molar-refractivity contribution in [2.24, 2.45) is 0 Å². The first kappa shape index (κ1) is 24.5. The number of piperidine rings is 1. The average molecular weight is 482 g/mol. The number of aryl methyl sites for hydroxylation is 1. The molecule has 0 N–H and O–H groups in total. The summed E-state index contributed by atoms with van der Waals surface area (Å²) in [5.41, 5.74) is 1.43. The fourth-order valence-corrected chi connectivity index (χ4v) is 4.16. The Morgan fingerprint density at radius 3 is 2.29 bits per heavy atom. The third-order valence-corrected chi connectivity index (χ3v) is 6.17. The molecule has 3 aromatic carbocycles. The summed E-state index contributed by atoms with van der Waals surface area (Å²) in [6.45, 7) is 3.08. The molecule has 0 aromatic heterocycles. The molecule has 7 heteroatoms. The lowest BCUT2D eigenvalue weighted by Crippen LogP contribution is -2.41. The minimum absolute atomic E-state index is 0.00957. The molecule has 182 valence electrons. The van der Waals surface area contributed by atoms with Gasteiger partial charge in [-0.1, -0.05) is 42.5 Å². The van der Waals surface area contributed by atoms with Crippen molar-refractivity contribution in [2.45, 2.75) is 38.5 Å². The molecule has 3 aromatic rings. The summed E-state index contributed by atoms with van der Waals surface area (Å²) in [4.78, 5) is 27.1. The second-order valence-corrected chi connectivity index (χ2v) is 8.75. The molecule has 0 saturated carbocycles. The number of ketones is 1. The highest BCUT2D eigenvalue weighted by molar-refractivity contribution is 5.97. The second kappa shape index (κ2) is 10.3. The molecule has 0 bridgehead atoms. The van der Waals surface area contributed by atoms with E-state index in [4.69, 9.17) is 4.74 Å². The van der Waals surface area contributed by atoms with E-state index in [2.05, 4.69) is 0 Å². The quantitative estimate of drug-likeness (QED) is 0.399. The van der Waals surface area contributed by atoms with Gasteiger partial charge in [-0.05, 0) is 48.4 Å². The zero-order valence-electron chi connectivity index (χ0n) is 19.3. The Morgan fingerprint density at radius 2 is 1.60 bits per heavy atom. The Labute approximate surface area is 202 Å². The number of amides is 1. The molecule has 1 fully saturated rings. The maximum absolute atomic E-state index is 13.0. The number of nitrogens with zero attached hydrogens (tertiary/aromatic N) is 1. The fourth-order valence-electron chi connectivity index (χ4n) is 4.16. The van der Waals surface area contributed by atoms with E-state index in [0.717, 1.165) is 17.7 Å². The first-order valence-corrected chi connectivity index (χ1v) is 11.5. The van der Waals surface area contributed by atoms with Crippen LogP contribution in [0.4, 0.5) is 13.2 Å². The van der Waals surface area contributed by atoms with Crippen LogP contribution in [0.1, 0.15) is 50.2 Å². The third kappa shape index (κ3) is 6.10. The van der Waals surface area contributed by atoms with Crippen LogP contribution in [0.5, 0.6) is 5.75 Å². The summed E-state index contributed by atoms with van der Waals surface area (Å²) < 4.78 is 45.2. The van der Waals surface area contributed by atoms with Crippen molar-refractivity contribution in [3.63, 3.8) is 0 Å². The van der Waals surface area contributed by atoms with Gasteiger partial charge < -0.3 is 9.64 Å². The largest absolute Gasteiger partial charge is 0.490 e. The number of Topliss-reactive ketones (excluding diaryl/α,β-unsaturated/α-hetero) is 1. The average Bonchev–Trinajstić information content (AvgIpc) is 2.86. The van der Waals surface area contributed by atoms with E-state index >= 15 is 0 Å². The minimum Gasteiger partial charge on any atom is -0.490 e. The number of hydrogen-bond acceptors (Lipinski definition) is 3. The number of carbonyl (C=O) groups is 2. The third-order valence-electron chi connectivity index (χ3n) is 6.17. The van der Waals surface area contributed by atoms with Crippen LogP contribution < -0.4 is 4.74 Å². The molecule has 35 heavy (non-hydrogen) atoms. The Morgan fingerprint density at radius 1 is 0.914 bits per heavy atom. The van der Waals surface area contributed by atoms with Gasteiger partial charge in [0.05, 0.1) is 5.56 Å². The lowest BCUT2D eigenvalue weighted by Gasteiger charge is -2.32. The van der Waals surface area contributed by atoms with Crippen molar-refractivity contribution in [1.82, 2.24) is 4.90 Å². The molecule has 4 nitrogen and oxygen atoms in total. The van der Waals surface area contributed by atoms with Gasteiger partial charge in [-0.2, -0.15) is 13.2 Å². The van der Waals surface area contributed by atoms with Gasteiger partial charge in [0, 0.05) is 43.5 Å². The highest BCUT2D eigenvalue weighted by atomic mass is 19.4. The second-order valence-electron chi connectivity index (χ2n) is 8.75. The van der Waals surface area contributed by atoms with Crippen LogP contribution in [-0.2, 0) is 12.6 Å². The number of alkyl halides is 3. The van der Waals surface area contributed by atoms with E-state index in [1.54, 1.807) is 24.3 Å². The number of carbonyl (C=O) groups excluding carboxylic acids is 2. The first-order chi connectivity index (χ1) is 16.7. The van der Waals surface area contributed by atoms with E-state index in [-0.39, 0.29) is 24.0 Å². The van der Waals surface area contributed by atoms with Crippen LogP contribution >= 0.6 is 0 Å². The van der Waals surface area contributed by atoms with Crippen LogP contribution in [0.25, 0.3) is 0 Å². The van der Waals surface area contributed by atoms with E-state index in [9.17, 15) is 22.8 Å². The molecule has 1 amide bonds. The SMILES string of the molecule is Cc1ccc(CC(=O)c2cccc(C(F)(F)F)c2)cc1OC1CCN(C(=O)c2ccccc2)CC1. The maximum atomic E-state index is 13.0. The lowest BCUT2D eigenvalue weighted by atomic mass is 10.00. The smallest absolute Gasteiger partial charge is 0.416 e. The first-order valence-electron chi connectivity index (χ1n) is 11.5. The Kier molecular flexibility index (Phi) is 7.24. The van der Waals surface area contributed by atoms with Crippen LogP contribution in [0.2, 0.25) is 0 Å². The number of rotatable bonds is 6. The van der Waals surface area contributed by atoms with Crippen molar-refractivity contribution in [3.8, 4) is 5.75 Å². The lowest BCUT2D eigenvalue weighted by molar-refractivity contribution is -0.137. The molecular weight excluding hydrogens is 455 g/mol. The van der Waals surface area contributed by atoms with E-state index < -0.39 is 17.5 Å². The number of hydrogen-bond donors (Lipinski definition) is 0. The minimum atomic E-state index is -4.50. The van der Waals surface area contributed by atoms with Crippen LogP contribution in [0, 0.1) is 6.92 Å². The number of benzene rings is 3. The molecule has 0 aliphatic carbocycles. The fraction of sp³-hybridized carbons (Fsp3) is 0.286. The highest BCUT2D eigenvalue weighted by Crippen LogP contribution is 2.30. The summed E-state index contributed by atoms with van der Waals surface area (Å²) >= 11 is 0. The predicted octanol–water partition coefficient (Wildman–Crippen LogP) is 6.12. The summed E-state index contributed by atoms with van der Waals surface area (Å²) in [6.07, 6.45) is -3.22. The van der Waals surface area contributed by atoms with Gasteiger partial charge in [-0.25, -0.2) is 0 Å². The Bertz CT molecular complexity index is 1200. The molecule has 0 spiro atoms. The normalized spacial score (nSPS) is 14.6. The van der Waals surface area contributed by atoms with Crippen molar-refractivity contribution in [3.05, 3.63) is 101 Å². The van der Waals surface area contributed by atoms with E-state index in [1.165, 1.54) is 12.1 Å². The summed E-state index contributed by atoms with van der Waals surface area (Å²) in [7, 11) is 0.